The van der Waals surface area contributed by atoms with Crippen LogP contribution in [0.3, 0.4) is 0 Å². The Hall–Kier alpha value is -2.76. The summed E-state index contributed by atoms with van der Waals surface area (Å²) in [7, 11) is 0. The lowest BCUT2D eigenvalue weighted by molar-refractivity contribution is -0.385. The van der Waals surface area contributed by atoms with E-state index in [2.05, 4.69) is 10.3 Å². The van der Waals surface area contributed by atoms with Gasteiger partial charge in [0.25, 0.3) is 11.6 Å². The van der Waals surface area contributed by atoms with Crippen LogP contribution in [-0.2, 0) is 0 Å². The molecule has 0 fully saturated rings. The molecule has 0 aliphatic heterocycles. The number of nitrogens with zero attached hydrogens (tertiary/aromatic N) is 2. The second kappa shape index (κ2) is 5.93. The SMILES string of the molecule is Cc1cc(C)c(NC(=O)c2cccc(C)c2[N+](=O)[O-])c(C)n1. The van der Waals surface area contributed by atoms with E-state index < -0.39 is 10.8 Å². The van der Waals surface area contributed by atoms with Crippen molar-refractivity contribution in [3.63, 3.8) is 0 Å². The Bertz CT molecular complexity index is 746. The minimum Gasteiger partial charge on any atom is -0.320 e. The second-order valence-electron chi connectivity index (χ2n) is 5.22. The number of rotatable bonds is 3. The summed E-state index contributed by atoms with van der Waals surface area (Å²) >= 11 is 0. The largest absolute Gasteiger partial charge is 0.320 e. The van der Waals surface area contributed by atoms with Gasteiger partial charge in [-0.15, -0.1) is 0 Å². The lowest BCUT2D eigenvalue weighted by Gasteiger charge is -2.12. The minimum absolute atomic E-state index is 0.0457. The minimum atomic E-state index is -0.530. The average molecular weight is 299 g/mol. The van der Waals surface area contributed by atoms with E-state index in [1.807, 2.05) is 19.9 Å². The molecule has 1 N–H and O–H groups in total. The molecule has 0 saturated carbocycles. The highest BCUT2D eigenvalue weighted by molar-refractivity contribution is 6.07. The molecular formula is C16H17N3O3. The van der Waals surface area contributed by atoms with Gasteiger partial charge in [-0.3, -0.25) is 19.9 Å². The molecule has 0 bridgehead atoms. The fraction of sp³-hybridized carbons (Fsp3) is 0.250. The lowest BCUT2D eigenvalue weighted by Crippen LogP contribution is -2.16. The van der Waals surface area contributed by atoms with Crippen molar-refractivity contribution in [1.82, 2.24) is 4.98 Å². The maximum absolute atomic E-state index is 12.4. The van der Waals surface area contributed by atoms with Gasteiger partial charge in [0.15, 0.2) is 0 Å². The number of carbonyl (C=O) groups is 1. The van der Waals surface area contributed by atoms with Crippen LogP contribution in [0.2, 0.25) is 0 Å². The molecule has 0 aliphatic carbocycles. The fourth-order valence-corrected chi connectivity index (χ4v) is 2.48. The van der Waals surface area contributed by atoms with Gasteiger partial charge in [-0.05, 0) is 45.4 Å². The number of carbonyl (C=O) groups excluding carboxylic acids is 1. The number of hydrogen-bond donors (Lipinski definition) is 1. The number of nitro groups is 1. The Balaban J connectivity index is 2.43. The van der Waals surface area contributed by atoms with E-state index in [1.54, 1.807) is 26.0 Å². The number of pyridine rings is 1. The summed E-state index contributed by atoms with van der Waals surface area (Å²) in [5, 5.41) is 13.9. The van der Waals surface area contributed by atoms with Crippen molar-refractivity contribution in [2.45, 2.75) is 27.7 Å². The van der Waals surface area contributed by atoms with Crippen LogP contribution in [0, 0.1) is 37.8 Å². The van der Waals surface area contributed by atoms with Crippen LogP contribution < -0.4 is 5.32 Å². The summed E-state index contributed by atoms with van der Waals surface area (Å²) in [6, 6.07) is 6.54. The van der Waals surface area contributed by atoms with Crippen LogP contribution in [0.15, 0.2) is 24.3 Å². The number of benzene rings is 1. The van der Waals surface area contributed by atoms with E-state index in [4.69, 9.17) is 0 Å². The molecule has 2 aromatic rings. The van der Waals surface area contributed by atoms with Gasteiger partial charge in [-0.1, -0.05) is 12.1 Å². The zero-order valence-electron chi connectivity index (χ0n) is 12.9. The van der Waals surface area contributed by atoms with E-state index in [0.717, 1.165) is 11.3 Å². The molecule has 1 amide bonds. The average Bonchev–Trinajstić information content (AvgIpc) is 2.41. The molecule has 22 heavy (non-hydrogen) atoms. The van der Waals surface area contributed by atoms with Crippen molar-refractivity contribution < 1.29 is 9.72 Å². The van der Waals surface area contributed by atoms with E-state index >= 15 is 0 Å². The Morgan fingerprint density at radius 1 is 1.18 bits per heavy atom. The Kier molecular flexibility index (Phi) is 4.21. The van der Waals surface area contributed by atoms with Crippen molar-refractivity contribution in [1.29, 1.82) is 0 Å². The zero-order valence-corrected chi connectivity index (χ0v) is 12.9. The first-order chi connectivity index (χ1) is 10.3. The number of amides is 1. The molecule has 0 unspecified atom stereocenters. The van der Waals surface area contributed by atoms with Gasteiger partial charge in [0.2, 0.25) is 0 Å². The molecule has 6 nitrogen and oxygen atoms in total. The van der Waals surface area contributed by atoms with E-state index in [9.17, 15) is 14.9 Å². The molecule has 1 aromatic heterocycles. The van der Waals surface area contributed by atoms with Crippen molar-refractivity contribution >= 4 is 17.3 Å². The molecular weight excluding hydrogens is 282 g/mol. The summed E-state index contributed by atoms with van der Waals surface area (Å²) in [5.74, 6) is -0.507. The van der Waals surface area contributed by atoms with Crippen LogP contribution in [0.4, 0.5) is 11.4 Å². The predicted molar refractivity (Wildman–Crippen MR) is 84.2 cm³/mol. The smallest absolute Gasteiger partial charge is 0.285 e. The highest BCUT2D eigenvalue weighted by Gasteiger charge is 2.23. The topological polar surface area (TPSA) is 85.1 Å². The third-order valence-corrected chi connectivity index (χ3v) is 3.43. The highest BCUT2D eigenvalue weighted by Crippen LogP contribution is 2.25. The van der Waals surface area contributed by atoms with Gasteiger partial charge in [-0.2, -0.15) is 0 Å². The number of anilines is 1. The fourth-order valence-electron chi connectivity index (χ4n) is 2.48. The molecule has 1 heterocycles. The Labute approximate surface area is 128 Å². The Morgan fingerprint density at radius 2 is 1.86 bits per heavy atom. The summed E-state index contributed by atoms with van der Waals surface area (Å²) < 4.78 is 0. The van der Waals surface area contributed by atoms with Gasteiger partial charge in [-0.25, -0.2) is 0 Å². The standard InChI is InChI=1S/C16H17N3O3/c1-9-6-5-7-13(15(9)19(21)22)16(20)18-14-10(2)8-11(3)17-12(14)4/h5-8H,1-4H3,(H,18,20). The van der Waals surface area contributed by atoms with Crippen LogP contribution >= 0.6 is 0 Å². The van der Waals surface area contributed by atoms with E-state index in [1.165, 1.54) is 6.07 Å². The first-order valence-corrected chi connectivity index (χ1v) is 6.81. The number of nitro benzene ring substituents is 1. The molecule has 0 radical (unpaired) electrons. The van der Waals surface area contributed by atoms with Crippen LogP contribution in [0.1, 0.15) is 32.9 Å². The van der Waals surface area contributed by atoms with Crippen LogP contribution in [0.25, 0.3) is 0 Å². The number of nitrogens with one attached hydrogen (secondary N) is 1. The van der Waals surface area contributed by atoms with Gasteiger partial charge in [0, 0.05) is 11.3 Å². The Morgan fingerprint density at radius 3 is 2.45 bits per heavy atom. The van der Waals surface area contributed by atoms with E-state index in [-0.39, 0.29) is 11.3 Å². The van der Waals surface area contributed by atoms with Crippen LogP contribution in [0.5, 0.6) is 0 Å². The maximum Gasteiger partial charge on any atom is 0.285 e. The number of hydrogen-bond acceptors (Lipinski definition) is 4. The monoisotopic (exact) mass is 299 g/mol. The van der Waals surface area contributed by atoms with Gasteiger partial charge >= 0.3 is 0 Å². The molecule has 114 valence electrons. The summed E-state index contributed by atoms with van der Waals surface area (Å²) in [6.45, 7) is 7.14. The predicted octanol–water partition coefficient (Wildman–Crippen LogP) is 3.48. The summed E-state index contributed by atoms with van der Waals surface area (Å²) in [4.78, 5) is 27.4. The lowest BCUT2D eigenvalue weighted by atomic mass is 10.1. The van der Waals surface area contributed by atoms with Crippen molar-refractivity contribution in [3.8, 4) is 0 Å². The maximum atomic E-state index is 12.4. The van der Waals surface area contributed by atoms with Gasteiger partial charge < -0.3 is 5.32 Å². The second-order valence-corrected chi connectivity index (χ2v) is 5.22. The third-order valence-electron chi connectivity index (χ3n) is 3.43. The normalized spacial score (nSPS) is 10.4. The molecule has 0 saturated heterocycles. The molecule has 0 aliphatic rings. The summed E-state index contributed by atoms with van der Waals surface area (Å²) in [5.41, 5.74) is 3.32. The van der Waals surface area contributed by atoms with E-state index in [0.29, 0.717) is 16.9 Å². The van der Waals surface area contributed by atoms with Crippen molar-refractivity contribution in [2.75, 3.05) is 5.32 Å². The first-order valence-electron chi connectivity index (χ1n) is 6.81. The summed E-state index contributed by atoms with van der Waals surface area (Å²) in [6.07, 6.45) is 0. The third kappa shape index (κ3) is 2.95. The highest BCUT2D eigenvalue weighted by atomic mass is 16.6. The molecule has 0 spiro atoms. The van der Waals surface area contributed by atoms with Gasteiger partial charge in [0.1, 0.15) is 5.56 Å². The quantitative estimate of drug-likeness (QED) is 0.694. The number of para-hydroxylation sites is 1. The zero-order chi connectivity index (χ0) is 16.4. The van der Waals surface area contributed by atoms with Crippen LogP contribution in [-0.4, -0.2) is 15.8 Å². The first kappa shape index (κ1) is 15.6. The molecule has 1 aromatic carbocycles. The molecule has 6 heteroatoms. The van der Waals surface area contributed by atoms with Crippen molar-refractivity contribution in [2.24, 2.45) is 0 Å². The number of aryl methyl sites for hydroxylation is 4. The molecule has 2 rings (SSSR count). The molecule has 0 atom stereocenters. The number of aromatic nitrogens is 1. The van der Waals surface area contributed by atoms with Crippen molar-refractivity contribution in [3.05, 3.63) is 62.5 Å². The van der Waals surface area contributed by atoms with Gasteiger partial charge in [0.05, 0.1) is 16.3 Å².